The van der Waals surface area contributed by atoms with Crippen LogP contribution in [0.5, 0.6) is 0 Å². The van der Waals surface area contributed by atoms with Gasteiger partial charge in [-0.05, 0) is 42.8 Å². The van der Waals surface area contributed by atoms with Crippen LogP contribution < -0.4 is 10.6 Å². The van der Waals surface area contributed by atoms with Crippen molar-refractivity contribution in [1.29, 1.82) is 0 Å². The monoisotopic (exact) mass is 326 g/mol. The van der Waals surface area contributed by atoms with Gasteiger partial charge in [-0.2, -0.15) is 4.98 Å². The molecule has 0 aliphatic rings. The number of hydrogen-bond donors (Lipinski definition) is 3. The average molecular weight is 326 g/mol. The summed E-state index contributed by atoms with van der Waals surface area (Å²) in [6, 6.07) is 13.6. The molecule has 0 aliphatic carbocycles. The van der Waals surface area contributed by atoms with Gasteiger partial charge in [-0.15, -0.1) is 0 Å². The van der Waals surface area contributed by atoms with E-state index in [1.165, 1.54) is 12.1 Å². The zero-order chi connectivity index (χ0) is 16.9. The van der Waals surface area contributed by atoms with E-state index in [1.54, 1.807) is 12.1 Å². The van der Waals surface area contributed by atoms with Gasteiger partial charge in [0.05, 0.1) is 18.2 Å². The fourth-order valence-electron chi connectivity index (χ4n) is 2.38. The molecule has 2 aromatic carbocycles. The maximum absolute atomic E-state index is 13.0. The van der Waals surface area contributed by atoms with Crippen LogP contribution in [0.3, 0.4) is 0 Å². The number of fused-ring (bicyclic) bond motifs is 1. The lowest BCUT2D eigenvalue weighted by molar-refractivity contribution is 0.271. The molecule has 0 bridgehead atoms. The SMILES string of the molecule is CCC(CO)Nc1nc(Nc2ccc(F)cc2)nc2ccccc12. The van der Waals surface area contributed by atoms with Gasteiger partial charge in [0.15, 0.2) is 0 Å². The molecule has 1 heterocycles. The number of rotatable bonds is 6. The van der Waals surface area contributed by atoms with Crippen LogP contribution in [-0.4, -0.2) is 27.7 Å². The van der Waals surface area contributed by atoms with E-state index in [9.17, 15) is 9.50 Å². The maximum Gasteiger partial charge on any atom is 0.229 e. The Balaban J connectivity index is 1.97. The Labute approximate surface area is 139 Å². The van der Waals surface area contributed by atoms with Crippen molar-refractivity contribution >= 4 is 28.4 Å². The lowest BCUT2D eigenvalue weighted by Crippen LogP contribution is -2.23. The van der Waals surface area contributed by atoms with Gasteiger partial charge in [-0.1, -0.05) is 19.1 Å². The summed E-state index contributed by atoms with van der Waals surface area (Å²) in [5.41, 5.74) is 1.49. The van der Waals surface area contributed by atoms with E-state index in [-0.39, 0.29) is 18.5 Å². The highest BCUT2D eigenvalue weighted by molar-refractivity contribution is 5.90. The molecule has 0 fully saturated rings. The van der Waals surface area contributed by atoms with Gasteiger partial charge in [-0.3, -0.25) is 0 Å². The Morgan fingerprint density at radius 3 is 2.54 bits per heavy atom. The molecule has 6 heteroatoms. The first kappa shape index (κ1) is 16.1. The van der Waals surface area contributed by atoms with E-state index in [4.69, 9.17) is 0 Å². The Bertz CT molecular complexity index is 819. The lowest BCUT2D eigenvalue weighted by atomic mass is 10.2. The lowest BCUT2D eigenvalue weighted by Gasteiger charge is -2.17. The van der Waals surface area contributed by atoms with Gasteiger partial charge >= 0.3 is 0 Å². The first-order valence-corrected chi connectivity index (χ1v) is 7.86. The third-order valence-corrected chi connectivity index (χ3v) is 3.76. The molecule has 0 aliphatic heterocycles. The van der Waals surface area contributed by atoms with Gasteiger partial charge in [-0.25, -0.2) is 9.37 Å². The molecule has 124 valence electrons. The molecule has 1 atom stereocenters. The van der Waals surface area contributed by atoms with Crippen molar-refractivity contribution < 1.29 is 9.50 Å². The Hall–Kier alpha value is -2.73. The van der Waals surface area contributed by atoms with Gasteiger partial charge in [0.25, 0.3) is 0 Å². The average Bonchev–Trinajstić information content (AvgIpc) is 2.61. The minimum absolute atomic E-state index is 0.0234. The number of para-hydroxylation sites is 1. The van der Waals surface area contributed by atoms with E-state index < -0.39 is 0 Å². The molecule has 0 amide bonds. The summed E-state index contributed by atoms with van der Waals surface area (Å²) in [5, 5.41) is 16.7. The summed E-state index contributed by atoms with van der Waals surface area (Å²) >= 11 is 0. The third-order valence-electron chi connectivity index (χ3n) is 3.76. The number of aliphatic hydroxyl groups is 1. The molecule has 1 unspecified atom stereocenters. The van der Waals surface area contributed by atoms with E-state index in [0.717, 1.165) is 17.3 Å². The minimum atomic E-state index is -0.295. The second kappa shape index (κ2) is 7.23. The van der Waals surface area contributed by atoms with Crippen molar-refractivity contribution in [2.45, 2.75) is 19.4 Å². The molecule has 3 rings (SSSR count). The largest absolute Gasteiger partial charge is 0.394 e. The van der Waals surface area contributed by atoms with Crippen molar-refractivity contribution in [3.63, 3.8) is 0 Å². The molecular formula is C18H19FN4O. The number of halogens is 1. The summed E-state index contributed by atoms with van der Waals surface area (Å²) in [6.45, 7) is 2.02. The first-order valence-electron chi connectivity index (χ1n) is 7.86. The smallest absolute Gasteiger partial charge is 0.229 e. The van der Waals surface area contributed by atoms with Crippen LogP contribution in [0.2, 0.25) is 0 Å². The fourth-order valence-corrected chi connectivity index (χ4v) is 2.38. The number of nitrogens with one attached hydrogen (secondary N) is 2. The van der Waals surface area contributed by atoms with Crippen LogP contribution >= 0.6 is 0 Å². The molecule has 3 aromatic rings. The van der Waals surface area contributed by atoms with Crippen LogP contribution in [0.25, 0.3) is 10.9 Å². The number of nitrogens with zero attached hydrogens (tertiary/aromatic N) is 2. The summed E-state index contributed by atoms with van der Waals surface area (Å²) in [5.74, 6) is 0.776. The second-order valence-corrected chi connectivity index (χ2v) is 5.48. The Morgan fingerprint density at radius 2 is 1.83 bits per heavy atom. The van der Waals surface area contributed by atoms with Crippen LogP contribution in [-0.2, 0) is 0 Å². The molecule has 0 radical (unpaired) electrons. The van der Waals surface area contributed by atoms with Crippen molar-refractivity contribution in [3.8, 4) is 0 Å². The molecule has 0 spiro atoms. The van der Waals surface area contributed by atoms with Crippen LogP contribution in [0, 0.1) is 5.82 Å². The zero-order valence-electron chi connectivity index (χ0n) is 13.3. The normalized spacial score (nSPS) is 12.1. The summed E-state index contributed by atoms with van der Waals surface area (Å²) < 4.78 is 13.0. The topological polar surface area (TPSA) is 70.1 Å². The minimum Gasteiger partial charge on any atom is -0.394 e. The number of aliphatic hydroxyl groups excluding tert-OH is 1. The van der Waals surface area contributed by atoms with Crippen molar-refractivity contribution in [2.24, 2.45) is 0 Å². The number of aromatic nitrogens is 2. The van der Waals surface area contributed by atoms with E-state index >= 15 is 0 Å². The zero-order valence-corrected chi connectivity index (χ0v) is 13.3. The molecular weight excluding hydrogens is 307 g/mol. The van der Waals surface area contributed by atoms with Crippen molar-refractivity contribution in [1.82, 2.24) is 9.97 Å². The first-order chi connectivity index (χ1) is 11.7. The second-order valence-electron chi connectivity index (χ2n) is 5.48. The Kier molecular flexibility index (Phi) is 4.86. The molecule has 24 heavy (non-hydrogen) atoms. The third kappa shape index (κ3) is 3.60. The molecule has 0 saturated heterocycles. The summed E-state index contributed by atoms with van der Waals surface area (Å²) in [6.07, 6.45) is 0.773. The molecule has 3 N–H and O–H groups in total. The Morgan fingerprint density at radius 1 is 1.08 bits per heavy atom. The van der Waals surface area contributed by atoms with Crippen LogP contribution in [0.4, 0.5) is 21.8 Å². The van der Waals surface area contributed by atoms with Gasteiger partial charge in [0, 0.05) is 11.1 Å². The van der Waals surface area contributed by atoms with Gasteiger partial charge < -0.3 is 15.7 Å². The number of hydrogen-bond acceptors (Lipinski definition) is 5. The maximum atomic E-state index is 13.0. The number of anilines is 3. The van der Waals surface area contributed by atoms with Gasteiger partial charge in [0.1, 0.15) is 11.6 Å². The highest BCUT2D eigenvalue weighted by Gasteiger charge is 2.11. The van der Waals surface area contributed by atoms with Crippen LogP contribution in [0.1, 0.15) is 13.3 Å². The van der Waals surface area contributed by atoms with Crippen molar-refractivity contribution in [3.05, 3.63) is 54.3 Å². The highest BCUT2D eigenvalue weighted by Crippen LogP contribution is 2.24. The van der Waals surface area contributed by atoms with Gasteiger partial charge in [0.2, 0.25) is 5.95 Å². The van der Waals surface area contributed by atoms with Crippen LogP contribution in [0.15, 0.2) is 48.5 Å². The highest BCUT2D eigenvalue weighted by atomic mass is 19.1. The summed E-state index contributed by atoms with van der Waals surface area (Å²) in [7, 11) is 0. The van der Waals surface area contributed by atoms with E-state index in [0.29, 0.717) is 17.5 Å². The summed E-state index contributed by atoms with van der Waals surface area (Å²) in [4.78, 5) is 9.01. The number of benzene rings is 2. The quantitative estimate of drug-likeness (QED) is 0.644. The predicted octanol–water partition coefficient (Wildman–Crippen LogP) is 3.70. The van der Waals surface area contributed by atoms with E-state index in [2.05, 4.69) is 20.6 Å². The van der Waals surface area contributed by atoms with Crippen molar-refractivity contribution in [2.75, 3.05) is 17.2 Å². The van der Waals surface area contributed by atoms with E-state index in [1.807, 2.05) is 31.2 Å². The molecule has 0 saturated carbocycles. The molecule has 5 nitrogen and oxygen atoms in total. The fraction of sp³-hybridized carbons (Fsp3) is 0.222. The standard InChI is InChI=1S/C18H19FN4O/c1-2-13(11-24)20-17-15-5-3-4-6-16(15)22-18(23-17)21-14-9-7-12(19)8-10-14/h3-10,13,24H,2,11H2,1H3,(H2,20,21,22,23). The predicted molar refractivity (Wildman–Crippen MR) is 94.0 cm³/mol. The molecule has 1 aromatic heterocycles.